The van der Waals surface area contributed by atoms with E-state index in [0.717, 1.165) is 11.4 Å². The summed E-state index contributed by atoms with van der Waals surface area (Å²) in [5.41, 5.74) is 6.46. The van der Waals surface area contributed by atoms with Gasteiger partial charge >= 0.3 is 0 Å². The molecule has 0 radical (unpaired) electrons. The number of aryl methyl sites for hydroxylation is 1. The Morgan fingerprint density at radius 3 is 2.58 bits per heavy atom. The molecule has 1 heterocycles. The number of hydrogen-bond acceptors (Lipinski definition) is 6. The van der Waals surface area contributed by atoms with Crippen molar-refractivity contribution < 1.29 is 4.74 Å². The van der Waals surface area contributed by atoms with E-state index in [2.05, 4.69) is 20.3 Å². The largest absolute Gasteiger partial charge is 0.497 e. The van der Waals surface area contributed by atoms with Crippen LogP contribution in [0.2, 0.25) is 0 Å². The van der Waals surface area contributed by atoms with Crippen LogP contribution in [0.15, 0.2) is 24.3 Å². The molecule has 0 aliphatic heterocycles. The van der Waals surface area contributed by atoms with Gasteiger partial charge in [-0.3, -0.25) is 0 Å². The molecular weight excluding hydrogens is 266 g/mol. The average molecular weight is 280 g/mol. The Kier molecular flexibility index (Phi) is 4.35. The Labute approximate surface area is 116 Å². The SMILES string of the molecule is COc1ccc(Nc2nc(N)nc(CCCl)n2)cc1. The Balaban J connectivity index is 2.17. The number of halogens is 1. The number of alkyl halides is 1. The molecule has 0 aliphatic rings. The average Bonchev–Trinajstić information content (AvgIpc) is 2.39. The molecule has 19 heavy (non-hydrogen) atoms. The molecular formula is C12H14ClN5O. The third-order valence-electron chi connectivity index (χ3n) is 2.36. The number of aromatic nitrogens is 3. The molecule has 0 saturated carbocycles. The maximum atomic E-state index is 5.66. The lowest BCUT2D eigenvalue weighted by atomic mass is 10.3. The molecule has 1 aromatic carbocycles. The van der Waals surface area contributed by atoms with Gasteiger partial charge in [0.05, 0.1) is 7.11 Å². The number of nitrogens with zero attached hydrogens (tertiary/aromatic N) is 3. The van der Waals surface area contributed by atoms with Gasteiger partial charge in [0, 0.05) is 18.0 Å². The minimum absolute atomic E-state index is 0.172. The van der Waals surface area contributed by atoms with E-state index in [9.17, 15) is 0 Å². The van der Waals surface area contributed by atoms with E-state index in [1.165, 1.54) is 0 Å². The van der Waals surface area contributed by atoms with Gasteiger partial charge in [-0.15, -0.1) is 11.6 Å². The first kappa shape index (κ1) is 13.4. The third kappa shape index (κ3) is 3.69. The summed E-state index contributed by atoms with van der Waals surface area (Å²) in [7, 11) is 1.62. The summed E-state index contributed by atoms with van der Waals surface area (Å²) in [4.78, 5) is 12.3. The van der Waals surface area contributed by atoms with Gasteiger partial charge in [0.15, 0.2) is 0 Å². The Morgan fingerprint density at radius 1 is 1.21 bits per heavy atom. The fraction of sp³-hybridized carbons (Fsp3) is 0.250. The topological polar surface area (TPSA) is 86.0 Å². The van der Waals surface area contributed by atoms with Crippen LogP contribution in [0.1, 0.15) is 5.82 Å². The molecule has 2 aromatic rings. The normalized spacial score (nSPS) is 10.2. The van der Waals surface area contributed by atoms with Crippen LogP contribution in [0.4, 0.5) is 17.6 Å². The predicted octanol–water partition coefficient (Wildman–Crippen LogP) is 1.99. The molecule has 7 heteroatoms. The van der Waals surface area contributed by atoms with Gasteiger partial charge in [-0.2, -0.15) is 15.0 Å². The van der Waals surface area contributed by atoms with Gasteiger partial charge < -0.3 is 15.8 Å². The van der Waals surface area contributed by atoms with E-state index in [4.69, 9.17) is 22.1 Å². The maximum absolute atomic E-state index is 5.66. The van der Waals surface area contributed by atoms with Crippen LogP contribution in [-0.2, 0) is 6.42 Å². The second kappa shape index (κ2) is 6.19. The predicted molar refractivity (Wildman–Crippen MR) is 74.9 cm³/mol. The third-order valence-corrected chi connectivity index (χ3v) is 2.55. The zero-order chi connectivity index (χ0) is 13.7. The van der Waals surface area contributed by atoms with Crippen molar-refractivity contribution in [3.05, 3.63) is 30.1 Å². The van der Waals surface area contributed by atoms with Crippen molar-refractivity contribution in [2.24, 2.45) is 0 Å². The van der Waals surface area contributed by atoms with Crippen molar-refractivity contribution >= 4 is 29.2 Å². The van der Waals surface area contributed by atoms with Crippen molar-refractivity contribution in [3.8, 4) is 5.75 Å². The van der Waals surface area contributed by atoms with Gasteiger partial charge in [-0.25, -0.2) is 0 Å². The number of hydrogen-bond donors (Lipinski definition) is 2. The molecule has 0 unspecified atom stereocenters. The van der Waals surface area contributed by atoms with E-state index in [0.29, 0.717) is 24.1 Å². The van der Waals surface area contributed by atoms with Crippen LogP contribution < -0.4 is 15.8 Å². The lowest BCUT2D eigenvalue weighted by molar-refractivity contribution is 0.415. The van der Waals surface area contributed by atoms with E-state index in [1.807, 2.05) is 24.3 Å². The molecule has 0 bridgehead atoms. The number of methoxy groups -OCH3 is 1. The van der Waals surface area contributed by atoms with Crippen LogP contribution in [0.3, 0.4) is 0 Å². The molecule has 2 rings (SSSR count). The van der Waals surface area contributed by atoms with Crippen LogP contribution in [-0.4, -0.2) is 27.9 Å². The highest BCUT2D eigenvalue weighted by molar-refractivity contribution is 6.17. The molecule has 0 aliphatic carbocycles. The fourth-order valence-electron chi connectivity index (χ4n) is 1.49. The van der Waals surface area contributed by atoms with Gasteiger partial charge in [0.2, 0.25) is 11.9 Å². The molecule has 0 amide bonds. The smallest absolute Gasteiger partial charge is 0.232 e. The quantitative estimate of drug-likeness (QED) is 0.814. The highest BCUT2D eigenvalue weighted by Gasteiger charge is 2.04. The first-order valence-corrected chi connectivity index (χ1v) is 6.22. The Hall–Kier alpha value is -2.08. The second-order valence-corrected chi connectivity index (χ2v) is 4.10. The van der Waals surface area contributed by atoms with Crippen LogP contribution >= 0.6 is 11.6 Å². The summed E-state index contributed by atoms with van der Waals surface area (Å²) < 4.78 is 5.09. The molecule has 6 nitrogen and oxygen atoms in total. The van der Waals surface area contributed by atoms with Gasteiger partial charge in [-0.1, -0.05) is 0 Å². The first-order valence-electron chi connectivity index (χ1n) is 5.68. The molecule has 1 aromatic heterocycles. The van der Waals surface area contributed by atoms with Crippen molar-refractivity contribution in [1.82, 2.24) is 15.0 Å². The maximum Gasteiger partial charge on any atom is 0.232 e. The molecule has 0 spiro atoms. The number of benzene rings is 1. The zero-order valence-electron chi connectivity index (χ0n) is 10.4. The number of nitrogen functional groups attached to an aromatic ring is 1. The number of nitrogens with two attached hydrogens (primary N) is 1. The highest BCUT2D eigenvalue weighted by Crippen LogP contribution is 2.18. The van der Waals surface area contributed by atoms with Crippen LogP contribution in [0.25, 0.3) is 0 Å². The van der Waals surface area contributed by atoms with E-state index < -0.39 is 0 Å². The molecule has 100 valence electrons. The van der Waals surface area contributed by atoms with Crippen molar-refractivity contribution in [3.63, 3.8) is 0 Å². The number of rotatable bonds is 5. The van der Waals surface area contributed by atoms with Crippen LogP contribution in [0.5, 0.6) is 5.75 Å². The van der Waals surface area contributed by atoms with Crippen molar-refractivity contribution in [1.29, 1.82) is 0 Å². The molecule has 0 saturated heterocycles. The monoisotopic (exact) mass is 279 g/mol. The summed E-state index contributed by atoms with van der Waals surface area (Å²) in [5, 5.41) is 3.05. The van der Waals surface area contributed by atoms with Crippen LogP contribution in [0, 0.1) is 0 Å². The van der Waals surface area contributed by atoms with Gasteiger partial charge in [0.25, 0.3) is 0 Å². The number of nitrogens with one attached hydrogen (secondary N) is 1. The van der Waals surface area contributed by atoms with Gasteiger partial charge in [0.1, 0.15) is 11.6 Å². The fourth-order valence-corrected chi connectivity index (χ4v) is 1.66. The van der Waals surface area contributed by atoms with E-state index >= 15 is 0 Å². The minimum Gasteiger partial charge on any atom is -0.497 e. The summed E-state index contributed by atoms with van der Waals surface area (Å²) in [6, 6.07) is 7.40. The Bertz CT molecular complexity index is 546. The molecule has 0 fully saturated rings. The summed E-state index contributed by atoms with van der Waals surface area (Å²) in [6.07, 6.45) is 0.547. The highest BCUT2D eigenvalue weighted by atomic mass is 35.5. The van der Waals surface area contributed by atoms with E-state index in [-0.39, 0.29) is 5.95 Å². The minimum atomic E-state index is 0.172. The summed E-state index contributed by atoms with van der Waals surface area (Å²) >= 11 is 5.66. The van der Waals surface area contributed by atoms with Gasteiger partial charge in [-0.05, 0) is 24.3 Å². The first-order chi connectivity index (χ1) is 9.21. The van der Waals surface area contributed by atoms with Crippen molar-refractivity contribution in [2.75, 3.05) is 24.0 Å². The standard InChI is InChI=1S/C12H14ClN5O/c1-19-9-4-2-8(3-5-9)15-12-17-10(6-7-13)16-11(14)18-12/h2-5H,6-7H2,1H3,(H3,14,15,16,17,18). The number of ether oxygens (including phenoxy) is 1. The molecule has 3 N–H and O–H groups in total. The second-order valence-electron chi connectivity index (χ2n) is 3.73. The Morgan fingerprint density at radius 2 is 1.95 bits per heavy atom. The zero-order valence-corrected chi connectivity index (χ0v) is 11.2. The summed E-state index contributed by atoms with van der Waals surface area (Å²) in [6.45, 7) is 0. The summed E-state index contributed by atoms with van der Waals surface area (Å²) in [5.74, 6) is 2.36. The lowest BCUT2D eigenvalue weighted by Gasteiger charge is -2.07. The molecule has 0 atom stereocenters. The van der Waals surface area contributed by atoms with E-state index in [1.54, 1.807) is 7.11 Å². The van der Waals surface area contributed by atoms with Crippen molar-refractivity contribution in [2.45, 2.75) is 6.42 Å². The lowest BCUT2D eigenvalue weighted by Crippen LogP contribution is -2.07. The number of anilines is 3.